The van der Waals surface area contributed by atoms with Gasteiger partial charge in [0.1, 0.15) is 11.3 Å². The van der Waals surface area contributed by atoms with Gasteiger partial charge in [0.2, 0.25) is 0 Å². The minimum Gasteiger partial charge on any atom is -0.507 e. The number of esters is 1. The highest BCUT2D eigenvalue weighted by Crippen LogP contribution is 2.37. The molecule has 0 aliphatic carbocycles. The number of aromatic hydroxyl groups is 1. The number of benzene rings is 3. The second kappa shape index (κ2) is 4.74. The lowest BCUT2D eigenvalue weighted by atomic mass is 10.0. The second-order valence-electron chi connectivity index (χ2n) is 5.62. The molecule has 0 saturated heterocycles. The number of phenolic OH excluding ortho intramolecular Hbond substituents is 1. The Kier molecular flexibility index (Phi) is 2.81. The Bertz CT molecular complexity index is 1090. The average Bonchev–Trinajstić information content (AvgIpc) is 2.84. The molecule has 1 N–H and O–H groups in total. The molecule has 4 heteroatoms. The van der Waals surface area contributed by atoms with E-state index >= 15 is 0 Å². The van der Waals surface area contributed by atoms with E-state index < -0.39 is 5.97 Å². The first kappa shape index (κ1) is 13.6. The molecule has 4 aromatic rings. The maximum Gasteiger partial charge on any atom is 0.342 e. The molecular weight excluding hydrogens is 290 g/mol. The number of rotatable bonds is 1. The van der Waals surface area contributed by atoms with Gasteiger partial charge >= 0.3 is 5.97 Å². The van der Waals surface area contributed by atoms with Crippen LogP contribution in [-0.2, 0) is 11.8 Å². The zero-order valence-electron chi connectivity index (χ0n) is 12.8. The molecule has 0 unspecified atom stereocenters. The van der Waals surface area contributed by atoms with Gasteiger partial charge in [0.15, 0.2) is 0 Å². The number of aryl methyl sites for hydroxylation is 1. The zero-order chi connectivity index (χ0) is 16.1. The van der Waals surface area contributed by atoms with Gasteiger partial charge in [-0.15, -0.1) is 0 Å². The molecule has 1 heterocycles. The van der Waals surface area contributed by atoms with Crippen LogP contribution in [0.25, 0.3) is 32.6 Å². The van der Waals surface area contributed by atoms with Crippen LogP contribution in [0.5, 0.6) is 5.75 Å². The van der Waals surface area contributed by atoms with Crippen LogP contribution in [-0.4, -0.2) is 22.8 Å². The van der Waals surface area contributed by atoms with Crippen molar-refractivity contribution in [3.8, 4) is 5.75 Å². The summed E-state index contributed by atoms with van der Waals surface area (Å²) < 4.78 is 6.89. The molecule has 0 aliphatic rings. The lowest BCUT2D eigenvalue weighted by Gasteiger charge is -2.05. The fourth-order valence-corrected chi connectivity index (χ4v) is 3.28. The van der Waals surface area contributed by atoms with Gasteiger partial charge in [0, 0.05) is 28.9 Å². The van der Waals surface area contributed by atoms with Gasteiger partial charge < -0.3 is 14.4 Å². The number of hydrogen-bond donors (Lipinski definition) is 1. The smallest absolute Gasteiger partial charge is 0.342 e. The first-order valence-corrected chi connectivity index (χ1v) is 7.33. The van der Waals surface area contributed by atoms with Gasteiger partial charge in [0.25, 0.3) is 0 Å². The molecule has 0 amide bonds. The minimum absolute atomic E-state index is 0.0648. The largest absolute Gasteiger partial charge is 0.507 e. The van der Waals surface area contributed by atoms with Crippen LogP contribution in [0.4, 0.5) is 0 Å². The molecular formula is C19H15NO3. The first-order valence-electron chi connectivity index (χ1n) is 7.33. The quantitative estimate of drug-likeness (QED) is 0.541. The molecule has 0 spiro atoms. The normalized spacial score (nSPS) is 11.4. The summed E-state index contributed by atoms with van der Waals surface area (Å²) in [7, 11) is 3.28. The summed E-state index contributed by atoms with van der Waals surface area (Å²) in [5.41, 5.74) is 2.11. The third kappa shape index (κ3) is 1.81. The molecule has 114 valence electrons. The van der Waals surface area contributed by atoms with Crippen LogP contribution in [0.15, 0.2) is 48.5 Å². The number of aromatic nitrogens is 1. The maximum absolute atomic E-state index is 12.2. The summed E-state index contributed by atoms with van der Waals surface area (Å²) in [6, 6.07) is 15.6. The summed E-state index contributed by atoms with van der Waals surface area (Å²) in [6.45, 7) is 0. The SMILES string of the molecule is COC(=O)c1c(O)ccc2c1c1cc3ccccc3cc1n2C. The Hall–Kier alpha value is -3.01. The van der Waals surface area contributed by atoms with Crippen LogP contribution in [0.1, 0.15) is 10.4 Å². The first-order chi connectivity index (χ1) is 11.1. The molecule has 0 atom stereocenters. The fraction of sp³-hybridized carbons (Fsp3) is 0.105. The third-order valence-electron chi connectivity index (χ3n) is 4.41. The topological polar surface area (TPSA) is 51.5 Å². The van der Waals surface area contributed by atoms with Crippen molar-refractivity contribution in [2.45, 2.75) is 0 Å². The number of phenols is 1. The van der Waals surface area contributed by atoms with Crippen molar-refractivity contribution in [2.24, 2.45) is 7.05 Å². The number of nitrogens with zero attached hydrogens (tertiary/aromatic N) is 1. The van der Waals surface area contributed by atoms with E-state index in [9.17, 15) is 9.90 Å². The van der Waals surface area contributed by atoms with Crippen LogP contribution >= 0.6 is 0 Å². The third-order valence-corrected chi connectivity index (χ3v) is 4.41. The average molecular weight is 305 g/mol. The minimum atomic E-state index is -0.534. The number of methoxy groups -OCH3 is 1. The lowest BCUT2D eigenvalue weighted by Crippen LogP contribution is -2.02. The van der Waals surface area contributed by atoms with Crippen LogP contribution < -0.4 is 0 Å². The lowest BCUT2D eigenvalue weighted by molar-refractivity contribution is 0.0600. The number of hydrogen-bond acceptors (Lipinski definition) is 3. The van der Waals surface area contributed by atoms with E-state index in [1.165, 1.54) is 13.2 Å². The predicted molar refractivity (Wildman–Crippen MR) is 90.9 cm³/mol. The van der Waals surface area contributed by atoms with Crippen molar-refractivity contribution < 1.29 is 14.6 Å². The van der Waals surface area contributed by atoms with E-state index in [1.54, 1.807) is 0 Å². The van der Waals surface area contributed by atoms with E-state index in [2.05, 4.69) is 18.2 Å². The number of carbonyl (C=O) groups excluding carboxylic acids is 1. The van der Waals surface area contributed by atoms with Crippen LogP contribution in [0, 0.1) is 0 Å². The summed E-state index contributed by atoms with van der Waals surface area (Å²) in [5.74, 6) is -0.598. The van der Waals surface area contributed by atoms with Crippen LogP contribution in [0.2, 0.25) is 0 Å². The van der Waals surface area contributed by atoms with Crippen molar-refractivity contribution in [3.63, 3.8) is 0 Å². The van der Waals surface area contributed by atoms with Crippen molar-refractivity contribution in [1.82, 2.24) is 4.57 Å². The Morgan fingerprint density at radius 2 is 1.74 bits per heavy atom. The fourth-order valence-electron chi connectivity index (χ4n) is 3.28. The molecule has 4 rings (SSSR count). The molecule has 0 bridgehead atoms. The van der Waals surface area contributed by atoms with Gasteiger partial charge in [-0.2, -0.15) is 0 Å². The molecule has 0 radical (unpaired) electrons. The summed E-state index contributed by atoms with van der Waals surface area (Å²) >= 11 is 0. The van der Waals surface area contributed by atoms with E-state index in [1.807, 2.05) is 35.9 Å². The van der Waals surface area contributed by atoms with Crippen LogP contribution in [0.3, 0.4) is 0 Å². The standard InChI is InChI=1S/C19H15NO3/c1-20-14-7-8-16(21)18(19(22)23-2)17(14)13-9-11-5-3-4-6-12(11)10-15(13)20/h3-10,21H,1-2H3. The molecule has 1 aromatic heterocycles. The molecule has 23 heavy (non-hydrogen) atoms. The summed E-state index contributed by atoms with van der Waals surface area (Å²) in [4.78, 5) is 12.2. The summed E-state index contributed by atoms with van der Waals surface area (Å²) in [5, 5.41) is 14.1. The summed E-state index contributed by atoms with van der Waals surface area (Å²) in [6.07, 6.45) is 0. The monoisotopic (exact) mass is 305 g/mol. The van der Waals surface area contributed by atoms with Gasteiger partial charge in [-0.25, -0.2) is 4.79 Å². The van der Waals surface area contributed by atoms with Gasteiger partial charge in [-0.3, -0.25) is 0 Å². The van der Waals surface area contributed by atoms with Crippen molar-refractivity contribution >= 4 is 38.5 Å². The van der Waals surface area contributed by atoms with Crippen molar-refractivity contribution in [2.75, 3.05) is 7.11 Å². The van der Waals surface area contributed by atoms with Crippen molar-refractivity contribution in [3.05, 3.63) is 54.1 Å². The zero-order valence-corrected chi connectivity index (χ0v) is 12.8. The van der Waals surface area contributed by atoms with Crippen molar-refractivity contribution in [1.29, 1.82) is 0 Å². The van der Waals surface area contributed by atoms with E-state index in [-0.39, 0.29) is 11.3 Å². The molecule has 0 aliphatic heterocycles. The predicted octanol–water partition coefficient (Wildman–Crippen LogP) is 3.98. The number of ether oxygens (including phenoxy) is 1. The van der Waals surface area contributed by atoms with E-state index in [4.69, 9.17) is 4.74 Å². The number of fused-ring (bicyclic) bond motifs is 4. The highest BCUT2D eigenvalue weighted by Gasteiger charge is 2.21. The molecule has 0 fully saturated rings. The van der Waals surface area contributed by atoms with E-state index in [0.29, 0.717) is 0 Å². The highest BCUT2D eigenvalue weighted by molar-refractivity contribution is 6.20. The maximum atomic E-state index is 12.2. The van der Waals surface area contributed by atoms with Gasteiger partial charge in [-0.05, 0) is 35.0 Å². The second-order valence-corrected chi connectivity index (χ2v) is 5.62. The molecule has 4 nitrogen and oxygen atoms in total. The Balaban J connectivity index is 2.27. The Morgan fingerprint density at radius 3 is 2.43 bits per heavy atom. The molecule has 3 aromatic carbocycles. The van der Waals surface area contributed by atoms with Gasteiger partial charge in [-0.1, -0.05) is 24.3 Å². The Labute approximate surface area is 132 Å². The number of carbonyl (C=O) groups is 1. The van der Waals surface area contributed by atoms with E-state index in [0.717, 1.165) is 32.6 Å². The molecule has 0 saturated carbocycles. The highest BCUT2D eigenvalue weighted by atomic mass is 16.5. The Morgan fingerprint density at radius 1 is 1.04 bits per heavy atom. The van der Waals surface area contributed by atoms with Gasteiger partial charge in [0.05, 0.1) is 7.11 Å².